The Hall–Kier alpha value is -2.48. The third-order valence-corrected chi connectivity index (χ3v) is 4.75. The number of para-hydroxylation sites is 1. The molecule has 2 aromatic carbocycles. The molecule has 0 amide bonds. The molecular formula is C18H16F3N3OS. The first-order chi connectivity index (χ1) is 12.4. The van der Waals surface area contributed by atoms with E-state index in [4.69, 9.17) is 4.74 Å². The number of hydrogen-bond donors (Lipinski definition) is 0. The fourth-order valence-corrected chi connectivity index (χ4v) is 3.12. The van der Waals surface area contributed by atoms with Gasteiger partial charge in [-0.1, -0.05) is 48.2 Å². The third-order valence-electron chi connectivity index (χ3n) is 3.66. The summed E-state index contributed by atoms with van der Waals surface area (Å²) in [6, 6.07) is 14.6. The average molecular weight is 379 g/mol. The van der Waals surface area contributed by atoms with Gasteiger partial charge in [-0.15, -0.1) is 10.2 Å². The molecule has 8 heteroatoms. The highest BCUT2D eigenvalue weighted by Crippen LogP contribution is 2.31. The van der Waals surface area contributed by atoms with Gasteiger partial charge in [0.15, 0.2) is 11.0 Å². The van der Waals surface area contributed by atoms with Crippen LogP contribution in [0.4, 0.5) is 13.2 Å². The lowest BCUT2D eigenvalue weighted by atomic mass is 10.1. The van der Waals surface area contributed by atoms with E-state index < -0.39 is 11.7 Å². The molecule has 0 spiro atoms. The molecule has 136 valence electrons. The Bertz CT molecular complexity index is 866. The predicted molar refractivity (Wildman–Crippen MR) is 92.8 cm³/mol. The zero-order chi connectivity index (χ0) is 18.6. The van der Waals surface area contributed by atoms with Gasteiger partial charge < -0.3 is 9.30 Å². The zero-order valence-corrected chi connectivity index (χ0v) is 14.7. The molecule has 0 aliphatic rings. The molecule has 3 aromatic rings. The standard InChI is InChI=1S/C18H16F3N3OS/c1-24-16(11-25-15-8-3-2-4-9-15)22-23-17(24)26-12-13-6-5-7-14(10-13)18(19,20)21/h2-10H,11-12H2,1H3. The van der Waals surface area contributed by atoms with Crippen LogP contribution in [0.15, 0.2) is 59.8 Å². The molecule has 4 nitrogen and oxygen atoms in total. The van der Waals surface area contributed by atoms with Crippen molar-refractivity contribution >= 4 is 11.8 Å². The van der Waals surface area contributed by atoms with E-state index in [0.717, 1.165) is 17.9 Å². The topological polar surface area (TPSA) is 39.9 Å². The van der Waals surface area contributed by atoms with Gasteiger partial charge in [0, 0.05) is 12.8 Å². The maximum atomic E-state index is 12.8. The molecule has 0 radical (unpaired) electrons. The van der Waals surface area contributed by atoms with Crippen molar-refractivity contribution in [3.05, 3.63) is 71.5 Å². The largest absolute Gasteiger partial charge is 0.486 e. The Balaban J connectivity index is 1.62. The van der Waals surface area contributed by atoms with Crippen molar-refractivity contribution in [2.45, 2.75) is 23.7 Å². The number of hydrogen-bond acceptors (Lipinski definition) is 4. The molecular weight excluding hydrogens is 363 g/mol. The maximum Gasteiger partial charge on any atom is 0.416 e. The van der Waals surface area contributed by atoms with Crippen LogP contribution in [0, 0.1) is 0 Å². The van der Waals surface area contributed by atoms with Crippen molar-refractivity contribution in [2.24, 2.45) is 7.05 Å². The third kappa shape index (κ3) is 4.57. The van der Waals surface area contributed by atoms with E-state index in [1.54, 1.807) is 17.7 Å². The minimum Gasteiger partial charge on any atom is -0.486 e. The molecule has 0 atom stereocenters. The summed E-state index contributed by atoms with van der Waals surface area (Å²) >= 11 is 1.33. The van der Waals surface area contributed by atoms with E-state index in [2.05, 4.69) is 10.2 Å². The molecule has 26 heavy (non-hydrogen) atoms. The first kappa shape index (κ1) is 18.3. The molecule has 0 bridgehead atoms. The quantitative estimate of drug-likeness (QED) is 0.582. The zero-order valence-electron chi connectivity index (χ0n) is 13.9. The maximum absolute atomic E-state index is 12.8. The smallest absolute Gasteiger partial charge is 0.416 e. The molecule has 0 saturated carbocycles. The molecule has 1 heterocycles. The van der Waals surface area contributed by atoms with Crippen LogP contribution in [0.1, 0.15) is 17.0 Å². The SMILES string of the molecule is Cn1c(COc2ccccc2)nnc1SCc1cccc(C(F)(F)F)c1. The summed E-state index contributed by atoms with van der Waals surface area (Å²) in [5.74, 6) is 1.74. The lowest BCUT2D eigenvalue weighted by Gasteiger charge is -2.09. The van der Waals surface area contributed by atoms with Crippen LogP contribution < -0.4 is 4.74 Å². The summed E-state index contributed by atoms with van der Waals surface area (Å²) in [4.78, 5) is 0. The van der Waals surface area contributed by atoms with E-state index in [9.17, 15) is 13.2 Å². The lowest BCUT2D eigenvalue weighted by molar-refractivity contribution is -0.137. The molecule has 3 rings (SSSR count). The summed E-state index contributed by atoms with van der Waals surface area (Å²) in [7, 11) is 1.80. The predicted octanol–water partition coefficient (Wildman–Crippen LogP) is 4.71. The second-order valence-corrected chi connectivity index (χ2v) is 6.49. The van der Waals surface area contributed by atoms with Crippen molar-refractivity contribution in [2.75, 3.05) is 0 Å². The Morgan fingerprint density at radius 1 is 1.04 bits per heavy atom. The van der Waals surface area contributed by atoms with E-state index in [-0.39, 0.29) is 6.61 Å². The van der Waals surface area contributed by atoms with Crippen molar-refractivity contribution < 1.29 is 17.9 Å². The van der Waals surface area contributed by atoms with Gasteiger partial charge in [0.05, 0.1) is 5.56 Å². The van der Waals surface area contributed by atoms with Crippen LogP contribution in [-0.4, -0.2) is 14.8 Å². The number of thioether (sulfide) groups is 1. The van der Waals surface area contributed by atoms with Gasteiger partial charge in [0.1, 0.15) is 12.4 Å². The molecule has 0 fully saturated rings. The summed E-state index contributed by atoms with van der Waals surface area (Å²) in [5.41, 5.74) is -0.0691. The number of benzene rings is 2. The molecule has 0 saturated heterocycles. The Kier molecular flexibility index (Phi) is 5.51. The fraction of sp³-hybridized carbons (Fsp3) is 0.222. The van der Waals surface area contributed by atoms with Crippen LogP contribution in [0.3, 0.4) is 0 Å². The lowest BCUT2D eigenvalue weighted by Crippen LogP contribution is -2.05. The van der Waals surface area contributed by atoms with Gasteiger partial charge in [0.25, 0.3) is 0 Å². The van der Waals surface area contributed by atoms with Gasteiger partial charge in [-0.25, -0.2) is 0 Å². The van der Waals surface area contributed by atoms with Crippen LogP contribution in [0.5, 0.6) is 5.75 Å². The Morgan fingerprint density at radius 3 is 2.54 bits per heavy atom. The Labute approximate surface area is 153 Å². The second kappa shape index (κ2) is 7.82. The van der Waals surface area contributed by atoms with Crippen molar-refractivity contribution in [1.29, 1.82) is 0 Å². The molecule has 0 aliphatic carbocycles. The number of ether oxygens (including phenoxy) is 1. The number of halogens is 3. The van der Waals surface area contributed by atoms with Crippen molar-refractivity contribution in [3.8, 4) is 5.75 Å². The van der Waals surface area contributed by atoms with Crippen LogP contribution in [0.25, 0.3) is 0 Å². The van der Waals surface area contributed by atoms with Crippen LogP contribution >= 0.6 is 11.8 Å². The monoisotopic (exact) mass is 379 g/mol. The highest BCUT2D eigenvalue weighted by Gasteiger charge is 2.30. The summed E-state index contributed by atoms with van der Waals surface area (Å²) in [6.07, 6.45) is -4.34. The minimum absolute atomic E-state index is 0.262. The molecule has 0 N–H and O–H groups in total. The van der Waals surface area contributed by atoms with Gasteiger partial charge in [-0.3, -0.25) is 0 Å². The molecule has 1 aromatic heterocycles. The van der Waals surface area contributed by atoms with E-state index in [1.807, 2.05) is 30.3 Å². The van der Waals surface area contributed by atoms with E-state index in [0.29, 0.717) is 22.3 Å². The van der Waals surface area contributed by atoms with Gasteiger partial charge >= 0.3 is 6.18 Å². The first-order valence-electron chi connectivity index (χ1n) is 7.78. The van der Waals surface area contributed by atoms with Gasteiger partial charge in [-0.2, -0.15) is 13.2 Å². The highest BCUT2D eigenvalue weighted by atomic mass is 32.2. The number of nitrogens with zero attached hydrogens (tertiary/aromatic N) is 3. The van der Waals surface area contributed by atoms with Crippen molar-refractivity contribution in [1.82, 2.24) is 14.8 Å². The van der Waals surface area contributed by atoms with E-state index in [1.165, 1.54) is 17.8 Å². The number of alkyl halides is 3. The van der Waals surface area contributed by atoms with Gasteiger partial charge in [0.2, 0.25) is 0 Å². The second-order valence-electron chi connectivity index (χ2n) is 5.55. The fourth-order valence-electron chi connectivity index (χ4n) is 2.25. The van der Waals surface area contributed by atoms with Crippen molar-refractivity contribution in [3.63, 3.8) is 0 Å². The average Bonchev–Trinajstić information content (AvgIpc) is 2.98. The van der Waals surface area contributed by atoms with Crippen LogP contribution in [0.2, 0.25) is 0 Å². The summed E-state index contributed by atoms with van der Waals surface area (Å²) in [6.45, 7) is 0.262. The first-order valence-corrected chi connectivity index (χ1v) is 8.77. The number of aromatic nitrogens is 3. The molecule has 0 unspecified atom stereocenters. The molecule has 0 aliphatic heterocycles. The van der Waals surface area contributed by atoms with E-state index >= 15 is 0 Å². The summed E-state index contributed by atoms with van der Waals surface area (Å²) < 4.78 is 45.8. The highest BCUT2D eigenvalue weighted by molar-refractivity contribution is 7.98. The Morgan fingerprint density at radius 2 is 1.81 bits per heavy atom. The minimum atomic E-state index is -4.34. The van der Waals surface area contributed by atoms with Gasteiger partial charge in [-0.05, 0) is 23.8 Å². The normalized spacial score (nSPS) is 11.5. The summed E-state index contributed by atoms with van der Waals surface area (Å²) in [5, 5.41) is 8.79. The number of rotatable bonds is 6. The van der Waals surface area contributed by atoms with Crippen LogP contribution in [-0.2, 0) is 25.6 Å².